The first-order valence-corrected chi connectivity index (χ1v) is 9.40. The second-order valence-electron chi connectivity index (χ2n) is 7.62. The molecule has 0 aromatic heterocycles. The van der Waals surface area contributed by atoms with Crippen LogP contribution in [0.5, 0.6) is 5.75 Å². The van der Waals surface area contributed by atoms with Gasteiger partial charge in [-0.1, -0.05) is 30.3 Å². The lowest BCUT2D eigenvalue weighted by Crippen LogP contribution is -2.37. The molecule has 1 heterocycles. The van der Waals surface area contributed by atoms with E-state index in [9.17, 15) is 14.7 Å². The van der Waals surface area contributed by atoms with E-state index in [1.807, 2.05) is 62.4 Å². The predicted octanol–water partition coefficient (Wildman–Crippen LogP) is 4.46. The second kappa shape index (κ2) is 7.92. The SMILES string of the molecule is Cc1cc(OC(C)c2ccccc2)ccc1NC(=O)N1CCC(C)(C(=O)O)C1. The zero-order valence-corrected chi connectivity index (χ0v) is 16.4. The summed E-state index contributed by atoms with van der Waals surface area (Å²) in [5.74, 6) is -0.139. The molecule has 0 spiro atoms. The fraction of sp³-hybridized carbons (Fsp3) is 0.364. The van der Waals surface area contributed by atoms with Gasteiger partial charge in [0.25, 0.3) is 0 Å². The molecule has 1 saturated heterocycles. The lowest BCUT2D eigenvalue weighted by molar-refractivity contribution is -0.146. The monoisotopic (exact) mass is 382 g/mol. The summed E-state index contributed by atoms with van der Waals surface area (Å²) >= 11 is 0. The van der Waals surface area contributed by atoms with E-state index in [2.05, 4.69) is 5.32 Å². The Balaban J connectivity index is 1.63. The number of hydrogen-bond donors (Lipinski definition) is 2. The van der Waals surface area contributed by atoms with Crippen molar-refractivity contribution in [2.75, 3.05) is 18.4 Å². The van der Waals surface area contributed by atoms with Gasteiger partial charge in [-0.2, -0.15) is 0 Å². The van der Waals surface area contributed by atoms with Crippen LogP contribution in [0.4, 0.5) is 10.5 Å². The van der Waals surface area contributed by atoms with Crippen LogP contribution in [-0.2, 0) is 4.79 Å². The van der Waals surface area contributed by atoms with Crippen molar-refractivity contribution in [3.05, 3.63) is 59.7 Å². The maximum Gasteiger partial charge on any atom is 0.321 e. The van der Waals surface area contributed by atoms with Crippen LogP contribution in [0.15, 0.2) is 48.5 Å². The molecule has 6 nitrogen and oxygen atoms in total. The number of hydrogen-bond acceptors (Lipinski definition) is 3. The summed E-state index contributed by atoms with van der Waals surface area (Å²) < 4.78 is 6.01. The summed E-state index contributed by atoms with van der Waals surface area (Å²) in [5.41, 5.74) is 1.78. The number of ether oxygens (including phenoxy) is 1. The van der Waals surface area contributed by atoms with Gasteiger partial charge in [-0.25, -0.2) is 4.79 Å². The summed E-state index contributed by atoms with van der Waals surface area (Å²) in [5, 5.41) is 12.2. The van der Waals surface area contributed by atoms with E-state index in [0.29, 0.717) is 18.7 Å². The number of benzene rings is 2. The first-order valence-electron chi connectivity index (χ1n) is 9.40. The number of aliphatic carboxylic acids is 1. The molecule has 0 bridgehead atoms. The minimum atomic E-state index is -0.877. The Hall–Kier alpha value is -3.02. The number of carbonyl (C=O) groups excluding carboxylic acids is 1. The summed E-state index contributed by atoms with van der Waals surface area (Å²) in [6, 6.07) is 15.2. The molecule has 0 aliphatic carbocycles. The van der Waals surface area contributed by atoms with Gasteiger partial charge in [0, 0.05) is 18.8 Å². The van der Waals surface area contributed by atoms with Gasteiger partial charge >= 0.3 is 12.0 Å². The molecule has 28 heavy (non-hydrogen) atoms. The van der Waals surface area contributed by atoms with E-state index >= 15 is 0 Å². The maximum absolute atomic E-state index is 12.5. The van der Waals surface area contributed by atoms with Crippen molar-refractivity contribution in [2.24, 2.45) is 5.41 Å². The maximum atomic E-state index is 12.5. The van der Waals surface area contributed by atoms with E-state index in [1.165, 1.54) is 0 Å². The number of rotatable bonds is 5. The van der Waals surface area contributed by atoms with Gasteiger partial charge < -0.3 is 20.1 Å². The minimum Gasteiger partial charge on any atom is -0.486 e. The lowest BCUT2D eigenvalue weighted by atomic mass is 9.90. The highest BCUT2D eigenvalue weighted by atomic mass is 16.5. The van der Waals surface area contributed by atoms with Gasteiger partial charge in [-0.15, -0.1) is 0 Å². The molecule has 1 aliphatic heterocycles. The number of nitrogens with zero attached hydrogens (tertiary/aromatic N) is 1. The fourth-order valence-corrected chi connectivity index (χ4v) is 3.35. The second-order valence-corrected chi connectivity index (χ2v) is 7.62. The molecule has 2 N–H and O–H groups in total. The average molecular weight is 382 g/mol. The molecule has 2 unspecified atom stereocenters. The molecule has 6 heteroatoms. The minimum absolute atomic E-state index is 0.0839. The van der Waals surface area contributed by atoms with Crippen molar-refractivity contribution in [3.8, 4) is 5.75 Å². The third-order valence-corrected chi connectivity index (χ3v) is 5.30. The zero-order valence-electron chi connectivity index (χ0n) is 16.4. The standard InChI is InChI=1S/C22H26N2O4/c1-15-13-18(28-16(2)17-7-5-4-6-8-17)9-10-19(15)23-21(27)24-12-11-22(3,14-24)20(25)26/h4-10,13,16H,11-12,14H2,1-3H3,(H,23,27)(H,25,26). The number of aryl methyl sites for hydroxylation is 1. The zero-order chi connectivity index (χ0) is 20.3. The molecule has 2 aromatic rings. The Labute approximate surface area is 165 Å². The third kappa shape index (κ3) is 4.27. The van der Waals surface area contributed by atoms with Gasteiger partial charge in [0.2, 0.25) is 0 Å². The number of carboxylic acid groups (broad SMARTS) is 1. The number of urea groups is 1. The molecule has 3 rings (SSSR count). The van der Waals surface area contributed by atoms with Gasteiger partial charge in [-0.3, -0.25) is 4.79 Å². The summed E-state index contributed by atoms with van der Waals surface area (Å²) in [6.45, 7) is 6.22. The van der Waals surface area contributed by atoms with Crippen LogP contribution in [-0.4, -0.2) is 35.1 Å². The highest BCUT2D eigenvalue weighted by Crippen LogP contribution is 2.31. The van der Waals surface area contributed by atoms with Crippen molar-refractivity contribution in [1.82, 2.24) is 4.90 Å². The van der Waals surface area contributed by atoms with Crippen molar-refractivity contribution >= 4 is 17.7 Å². The molecular formula is C22H26N2O4. The summed E-state index contributed by atoms with van der Waals surface area (Å²) in [4.78, 5) is 25.4. The Kier molecular flexibility index (Phi) is 5.58. The first-order chi connectivity index (χ1) is 13.3. The smallest absolute Gasteiger partial charge is 0.321 e. The van der Waals surface area contributed by atoms with Gasteiger partial charge in [-0.05, 0) is 56.5 Å². The van der Waals surface area contributed by atoms with E-state index in [-0.39, 0.29) is 18.7 Å². The highest BCUT2D eigenvalue weighted by Gasteiger charge is 2.42. The summed E-state index contributed by atoms with van der Waals surface area (Å²) in [7, 11) is 0. The molecule has 0 saturated carbocycles. The number of amides is 2. The van der Waals surface area contributed by atoms with Crippen molar-refractivity contribution < 1.29 is 19.4 Å². The van der Waals surface area contributed by atoms with Crippen LogP contribution < -0.4 is 10.1 Å². The molecule has 2 amide bonds. The Morgan fingerprint density at radius 2 is 1.93 bits per heavy atom. The van der Waals surface area contributed by atoms with Gasteiger partial charge in [0.15, 0.2) is 0 Å². The quantitative estimate of drug-likeness (QED) is 0.800. The van der Waals surface area contributed by atoms with E-state index < -0.39 is 11.4 Å². The van der Waals surface area contributed by atoms with Gasteiger partial charge in [0.05, 0.1) is 5.41 Å². The van der Waals surface area contributed by atoms with E-state index in [4.69, 9.17) is 4.74 Å². The van der Waals surface area contributed by atoms with Gasteiger partial charge in [0.1, 0.15) is 11.9 Å². The third-order valence-electron chi connectivity index (χ3n) is 5.30. The van der Waals surface area contributed by atoms with Crippen LogP contribution in [0.25, 0.3) is 0 Å². The van der Waals surface area contributed by atoms with Crippen molar-refractivity contribution in [3.63, 3.8) is 0 Å². The number of anilines is 1. The van der Waals surface area contributed by atoms with Crippen LogP contribution in [0, 0.1) is 12.3 Å². The number of nitrogens with one attached hydrogen (secondary N) is 1. The molecule has 0 radical (unpaired) electrons. The van der Waals surface area contributed by atoms with E-state index in [1.54, 1.807) is 11.8 Å². The highest BCUT2D eigenvalue weighted by molar-refractivity contribution is 5.91. The lowest BCUT2D eigenvalue weighted by Gasteiger charge is -2.21. The number of carbonyl (C=O) groups is 2. The van der Waals surface area contributed by atoms with Crippen molar-refractivity contribution in [2.45, 2.75) is 33.3 Å². The van der Waals surface area contributed by atoms with Crippen LogP contribution in [0.3, 0.4) is 0 Å². The molecule has 1 aliphatic rings. The normalized spacial score (nSPS) is 19.9. The largest absolute Gasteiger partial charge is 0.486 e. The molecule has 148 valence electrons. The first kappa shape index (κ1) is 19.7. The van der Waals surface area contributed by atoms with Crippen molar-refractivity contribution in [1.29, 1.82) is 0 Å². The predicted molar refractivity (Wildman–Crippen MR) is 108 cm³/mol. The van der Waals surface area contributed by atoms with Crippen LogP contribution in [0.2, 0.25) is 0 Å². The van der Waals surface area contributed by atoms with Crippen LogP contribution >= 0.6 is 0 Å². The average Bonchev–Trinajstić information content (AvgIpc) is 3.08. The fourth-order valence-electron chi connectivity index (χ4n) is 3.35. The summed E-state index contributed by atoms with van der Waals surface area (Å²) in [6.07, 6.45) is 0.373. The Bertz CT molecular complexity index is 868. The molecular weight excluding hydrogens is 356 g/mol. The Morgan fingerprint density at radius 3 is 2.54 bits per heavy atom. The number of carboxylic acids is 1. The molecule has 1 fully saturated rings. The topological polar surface area (TPSA) is 78.9 Å². The number of likely N-dealkylation sites (tertiary alicyclic amines) is 1. The van der Waals surface area contributed by atoms with E-state index in [0.717, 1.165) is 16.9 Å². The molecule has 2 atom stereocenters. The molecule has 2 aromatic carbocycles. The van der Waals surface area contributed by atoms with Crippen LogP contribution in [0.1, 0.15) is 37.5 Å². The Morgan fingerprint density at radius 1 is 1.21 bits per heavy atom.